The van der Waals surface area contributed by atoms with Crippen molar-refractivity contribution in [2.75, 3.05) is 20.7 Å². The van der Waals surface area contributed by atoms with Crippen LogP contribution in [0, 0.1) is 0 Å². The predicted octanol–water partition coefficient (Wildman–Crippen LogP) is 4.23. The van der Waals surface area contributed by atoms with Crippen molar-refractivity contribution in [3.05, 3.63) is 70.3 Å². The van der Waals surface area contributed by atoms with Gasteiger partial charge in [-0.3, -0.25) is 4.79 Å². The van der Waals surface area contributed by atoms with E-state index in [2.05, 4.69) is 10.5 Å². The van der Waals surface area contributed by atoms with Crippen molar-refractivity contribution in [1.29, 1.82) is 0 Å². The second kappa shape index (κ2) is 11.6. The van der Waals surface area contributed by atoms with E-state index >= 15 is 0 Å². The van der Waals surface area contributed by atoms with E-state index in [1.807, 2.05) is 0 Å². The number of halogens is 4. The Labute approximate surface area is 183 Å². The molecule has 32 heavy (non-hydrogen) atoms. The number of carbonyl (C=O) groups excluding carboxylic acids is 1. The molecule has 1 amide bonds. The summed E-state index contributed by atoms with van der Waals surface area (Å²) in [6.45, 7) is 0.828. The van der Waals surface area contributed by atoms with Gasteiger partial charge in [-0.05, 0) is 35.7 Å². The van der Waals surface area contributed by atoms with Crippen LogP contribution in [0.2, 0.25) is 0 Å². The summed E-state index contributed by atoms with van der Waals surface area (Å²) in [5.74, 6) is -0.257. The first kappa shape index (κ1) is 25.3. The number of rotatable bonds is 10. The van der Waals surface area contributed by atoms with Gasteiger partial charge >= 0.3 is 6.18 Å². The molecule has 0 saturated heterocycles. The first-order valence-electron chi connectivity index (χ1n) is 9.69. The Morgan fingerprint density at radius 2 is 1.84 bits per heavy atom. The topological polar surface area (TPSA) is 63.2 Å². The lowest BCUT2D eigenvalue weighted by Gasteiger charge is -2.21. The molecule has 2 aromatic rings. The number of benzene rings is 2. The van der Waals surface area contributed by atoms with E-state index < -0.39 is 18.4 Å². The van der Waals surface area contributed by atoms with Crippen molar-refractivity contribution >= 4 is 11.6 Å². The van der Waals surface area contributed by atoms with E-state index in [1.54, 1.807) is 18.2 Å². The van der Waals surface area contributed by atoms with Crippen LogP contribution in [0.1, 0.15) is 34.7 Å². The van der Waals surface area contributed by atoms with E-state index in [4.69, 9.17) is 9.68 Å². The molecule has 0 aromatic heterocycles. The van der Waals surface area contributed by atoms with Crippen LogP contribution in [0.4, 0.5) is 17.6 Å². The fraction of sp³-hybridized carbons (Fsp3) is 0.364. The maximum absolute atomic E-state index is 13.5. The molecule has 2 aromatic carbocycles. The second-order valence-corrected chi connectivity index (χ2v) is 6.87. The molecule has 1 N–H and O–H groups in total. The van der Waals surface area contributed by atoms with Crippen LogP contribution in [0.15, 0.2) is 47.6 Å². The van der Waals surface area contributed by atoms with Gasteiger partial charge in [0.05, 0.1) is 24.9 Å². The molecule has 0 unspecified atom stereocenters. The number of oxime groups is 1. The van der Waals surface area contributed by atoms with E-state index in [0.29, 0.717) is 16.7 Å². The highest BCUT2D eigenvalue weighted by Crippen LogP contribution is 2.29. The molecular weight excluding hydrogens is 430 g/mol. The summed E-state index contributed by atoms with van der Waals surface area (Å²) in [6.07, 6.45) is -4.46. The quantitative estimate of drug-likeness (QED) is 0.331. The number of alkyl halides is 4. The zero-order valence-corrected chi connectivity index (χ0v) is 18.0. The Morgan fingerprint density at radius 3 is 2.47 bits per heavy atom. The van der Waals surface area contributed by atoms with Gasteiger partial charge in [-0.15, -0.1) is 0 Å². The van der Waals surface area contributed by atoms with Crippen molar-refractivity contribution in [2.24, 2.45) is 5.16 Å². The van der Waals surface area contributed by atoms with Gasteiger partial charge in [-0.1, -0.05) is 35.5 Å². The summed E-state index contributed by atoms with van der Waals surface area (Å²) >= 11 is 0. The molecule has 0 spiro atoms. The van der Waals surface area contributed by atoms with E-state index in [9.17, 15) is 22.4 Å². The van der Waals surface area contributed by atoms with Gasteiger partial charge in [0.25, 0.3) is 0 Å². The van der Waals surface area contributed by atoms with Gasteiger partial charge in [0.15, 0.2) is 0 Å². The van der Waals surface area contributed by atoms with Gasteiger partial charge in [-0.2, -0.15) is 18.2 Å². The van der Waals surface area contributed by atoms with E-state index in [-0.39, 0.29) is 36.9 Å². The predicted molar refractivity (Wildman–Crippen MR) is 111 cm³/mol. The highest BCUT2D eigenvalue weighted by atomic mass is 19.4. The molecule has 0 aliphatic heterocycles. The van der Waals surface area contributed by atoms with Gasteiger partial charge in [-0.25, -0.2) is 4.39 Å². The summed E-state index contributed by atoms with van der Waals surface area (Å²) < 4.78 is 52.3. The summed E-state index contributed by atoms with van der Waals surface area (Å²) in [5.41, 5.74) is 1.28. The summed E-state index contributed by atoms with van der Waals surface area (Å²) in [7, 11) is 2.92. The summed E-state index contributed by atoms with van der Waals surface area (Å²) in [6, 6.07) is 9.77. The first-order chi connectivity index (χ1) is 15.2. The lowest BCUT2D eigenvalue weighted by molar-refractivity contribution is -0.155. The zero-order chi connectivity index (χ0) is 23.7. The number of nitrogens with one attached hydrogen (secondary N) is 1. The standard InChI is InChI=1S/C22H25F4N3O3/c1-15(16-6-5-9-19(10-16)22(24,25)26)28-32-14-20-17(11-23)7-4-8-18(20)12-29(31-3)13-21(30)27-2/h4-10H,11-14H2,1-3H3,(H,27,30)/b28-15+. The number of hydrogen-bond acceptors (Lipinski definition) is 5. The summed E-state index contributed by atoms with van der Waals surface area (Å²) in [5, 5.41) is 7.80. The van der Waals surface area contributed by atoms with Crippen LogP contribution in [-0.4, -0.2) is 37.4 Å². The minimum Gasteiger partial charge on any atom is -0.391 e. The van der Waals surface area contributed by atoms with Crippen molar-refractivity contribution < 1.29 is 32.0 Å². The monoisotopic (exact) mass is 455 g/mol. The molecule has 6 nitrogen and oxygen atoms in total. The molecule has 174 valence electrons. The third-order valence-electron chi connectivity index (χ3n) is 4.74. The second-order valence-electron chi connectivity index (χ2n) is 6.87. The molecule has 0 aliphatic rings. The van der Waals surface area contributed by atoms with Gasteiger partial charge in [0.2, 0.25) is 5.91 Å². The Kier molecular flexibility index (Phi) is 9.15. The molecule has 0 atom stereocenters. The highest BCUT2D eigenvalue weighted by Gasteiger charge is 2.30. The largest absolute Gasteiger partial charge is 0.416 e. The SMILES string of the molecule is CNC(=O)CN(Cc1cccc(CF)c1CO/N=C(\C)c1cccc(C(F)(F)F)c1)OC. The van der Waals surface area contributed by atoms with Crippen LogP contribution in [-0.2, 0) is 40.5 Å². The van der Waals surface area contributed by atoms with E-state index in [1.165, 1.54) is 38.3 Å². The minimum absolute atomic E-state index is 0.0278. The average Bonchev–Trinajstić information content (AvgIpc) is 2.78. The van der Waals surface area contributed by atoms with Crippen molar-refractivity contribution in [2.45, 2.75) is 32.9 Å². The number of amides is 1. The molecule has 0 fully saturated rings. The number of nitrogens with zero attached hydrogens (tertiary/aromatic N) is 2. The third-order valence-corrected chi connectivity index (χ3v) is 4.74. The Morgan fingerprint density at radius 1 is 1.16 bits per heavy atom. The molecule has 0 saturated carbocycles. The number of carbonyl (C=O) groups is 1. The van der Waals surface area contributed by atoms with E-state index in [0.717, 1.165) is 12.1 Å². The molecule has 0 radical (unpaired) electrons. The third kappa shape index (κ3) is 7.03. The van der Waals surface area contributed by atoms with Crippen LogP contribution in [0.3, 0.4) is 0 Å². The summed E-state index contributed by atoms with van der Waals surface area (Å²) in [4.78, 5) is 22.2. The van der Waals surface area contributed by atoms with Gasteiger partial charge in [0.1, 0.15) is 19.8 Å². The van der Waals surface area contributed by atoms with Gasteiger partial charge < -0.3 is 15.0 Å². The maximum Gasteiger partial charge on any atom is 0.416 e. The number of hydrogen-bond donors (Lipinski definition) is 1. The van der Waals surface area contributed by atoms with Crippen molar-refractivity contribution in [3.8, 4) is 0 Å². The van der Waals surface area contributed by atoms with Gasteiger partial charge in [0, 0.05) is 12.6 Å². The molecule has 2 rings (SSSR count). The average molecular weight is 455 g/mol. The van der Waals surface area contributed by atoms with Crippen molar-refractivity contribution in [3.63, 3.8) is 0 Å². The fourth-order valence-corrected chi connectivity index (χ4v) is 2.93. The van der Waals surface area contributed by atoms with Crippen LogP contribution in [0.25, 0.3) is 0 Å². The normalized spacial score (nSPS) is 12.2. The number of hydroxylamine groups is 2. The first-order valence-corrected chi connectivity index (χ1v) is 9.69. The van der Waals surface area contributed by atoms with Crippen LogP contribution >= 0.6 is 0 Å². The molecule has 0 aliphatic carbocycles. The molecule has 0 bridgehead atoms. The Balaban J connectivity index is 2.19. The maximum atomic E-state index is 13.5. The zero-order valence-electron chi connectivity index (χ0n) is 18.0. The lowest BCUT2D eigenvalue weighted by Crippen LogP contribution is -2.34. The number of likely N-dealkylation sites (N-methyl/N-ethyl adjacent to an activating group) is 1. The fourth-order valence-electron chi connectivity index (χ4n) is 2.93. The molecular formula is C22H25F4N3O3. The lowest BCUT2D eigenvalue weighted by atomic mass is 10.0. The van der Waals surface area contributed by atoms with Crippen molar-refractivity contribution in [1.82, 2.24) is 10.4 Å². The highest BCUT2D eigenvalue weighted by molar-refractivity contribution is 5.98. The minimum atomic E-state index is -4.46. The van der Waals surface area contributed by atoms with Crippen LogP contribution in [0.5, 0.6) is 0 Å². The van der Waals surface area contributed by atoms with Crippen LogP contribution < -0.4 is 5.32 Å². The Bertz CT molecular complexity index is 948. The smallest absolute Gasteiger partial charge is 0.391 e. The Hall–Kier alpha value is -2.98. The molecule has 10 heteroatoms. The molecule has 0 heterocycles.